The van der Waals surface area contributed by atoms with Crippen LogP contribution in [0.15, 0.2) is 63.8 Å². The van der Waals surface area contributed by atoms with E-state index in [2.05, 4.69) is 13.8 Å². The van der Waals surface area contributed by atoms with E-state index in [9.17, 15) is 19.8 Å². The molecule has 0 amide bonds. The number of ether oxygens (including phenoxy) is 2. The van der Waals surface area contributed by atoms with Crippen LogP contribution in [0.4, 0.5) is 0 Å². The van der Waals surface area contributed by atoms with E-state index >= 15 is 0 Å². The Morgan fingerprint density at radius 1 is 0.971 bits per heavy atom. The van der Waals surface area contributed by atoms with E-state index in [1.807, 2.05) is 24.3 Å². The highest BCUT2D eigenvalue weighted by Gasteiger charge is 2.33. The Balaban J connectivity index is 1.75. The Morgan fingerprint density at radius 2 is 1.71 bits per heavy atom. The zero-order chi connectivity index (χ0) is 24.9. The Kier molecular flexibility index (Phi) is 5.47. The summed E-state index contributed by atoms with van der Waals surface area (Å²) in [6.07, 6.45) is 0.0607. The lowest BCUT2D eigenvalue weighted by Crippen LogP contribution is -2.22. The van der Waals surface area contributed by atoms with Gasteiger partial charge in [0.15, 0.2) is 16.9 Å². The van der Waals surface area contributed by atoms with Crippen LogP contribution in [0.25, 0.3) is 22.3 Å². The summed E-state index contributed by atoms with van der Waals surface area (Å²) in [7, 11) is 1.44. The second-order valence-electron chi connectivity index (χ2n) is 8.93. The molecule has 0 bridgehead atoms. The minimum atomic E-state index is -0.456. The molecule has 2 heterocycles. The fourth-order valence-corrected chi connectivity index (χ4v) is 4.54. The molecule has 4 aromatic rings. The number of carbonyl (C=O) groups excluding carboxylic acids is 1. The van der Waals surface area contributed by atoms with Crippen molar-refractivity contribution in [2.45, 2.75) is 32.1 Å². The molecule has 0 saturated heterocycles. The van der Waals surface area contributed by atoms with Crippen LogP contribution >= 0.6 is 0 Å². The summed E-state index contributed by atoms with van der Waals surface area (Å²) < 4.78 is 16.7. The molecule has 178 valence electrons. The maximum Gasteiger partial charge on any atom is 0.312 e. The van der Waals surface area contributed by atoms with Crippen molar-refractivity contribution >= 4 is 16.9 Å². The molecule has 0 radical (unpaired) electrons. The van der Waals surface area contributed by atoms with Crippen molar-refractivity contribution in [3.63, 3.8) is 0 Å². The number of benzene rings is 3. The average Bonchev–Trinajstić information content (AvgIpc) is 2.83. The first-order valence-electron chi connectivity index (χ1n) is 11.3. The van der Waals surface area contributed by atoms with Crippen LogP contribution in [-0.4, -0.2) is 23.3 Å². The fraction of sp³-hybridized carbons (Fsp3) is 0.214. The second kappa shape index (κ2) is 8.51. The van der Waals surface area contributed by atoms with E-state index < -0.39 is 17.3 Å². The van der Waals surface area contributed by atoms with Gasteiger partial charge in [-0.25, -0.2) is 0 Å². The summed E-state index contributed by atoms with van der Waals surface area (Å²) in [5.74, 6) is -0.328. The standard InChI is InChI=1S/C28H24O7/c1-14(2)15-4-6-16(7-5-15)18-11-25(32)34-24-13-21(31)27-20(30)12-23(35-28(27)26(18)24)17-8-9-22(33-3)19(29)10-17/h4-10,12-14,18,29,31H,11H2,1-3H3/t18-/m1/s1. The van der Waals surface area contributed by atoms with Crippen molar-refractivity contribution in [3.8, 4) is 34.3 Å². The van der Waals surface area contributed by atoms with Gasteiger partial charge in [0.1, 0.15) is 28.2 Å². The first kappa shape index (κ1) is 22.5. The molecule has 7 nitrogen and oxygen atoms in total. The lowest BCUT2D eigenvalue weighted by molar-refractivity contribution is -0.135. The zero-order valence-corrected chi connectivity index (χ0v) is 19.5. The number of methoxy groups -OCH3 is 1. The first-order chi connectivity index (χ1) is 16.8. The van der Waals surface area contributed by atoms with E-state index in [-0.39, 0.29) is 46.1 Å². The molecule has 35 heavy (non-hydrogen) atoms. The van der Waals surface area contributed by atoms with Crippen molar-refractivity contribution in [2.75, 3.05) is 7.11 Å². The second-order valence-corrected chi connectivity index (χ2v) is 8.93. The number of phenolic OH excluding ortho intramolecular Hbond substituents is 2. The number of hydrogen-bond donors (Lipinski definition) is 2. The molecule has 1 aliphatic rings. The summed E-state index contributed by atoms with van der Waals surface area (Å²) in [6, 6.07) is 15.2. The van der Waals surface area contributed by atoms with Crippen molar-refractivity contribution in [3.05, 3.63) is 81.5 Å². The summed E-state index contributed by atoms with van der Waals surface area (Å²) in [5.41, 5.74) is 2.69. The number of aromatic hydroxyl groups is 2. The van der Waals surface area contributed by atoms with Gasteiger partial charge in [0.25, 0.3) is 0 Å². The molecule has 0 fully saturated rings. The quantitative estimate of drug-likeness (QED) is 0.301. The number of esters is 1. The van der Waals surface area contributed by atoms with Crippen molar-refractivity contribution in [2.24, 2.45) is 0 Å². The smallest absolute Gasteiger partial charge is 0.312 e. The largest absolute Gasteiger partial charge is 0.507 e. The van der Waals surface area contributed by atoms with Crippen LogP contribution in [0.2, 0.25) is 0 Å². The SMILES string of the molecule is COc1ccc(-c2cc(=O)c3c(O)cc4c(c3o2)[C@@H](c2ccc(C(C)C)cc2)CC(=O)O4)cc1O. The van der Waals surface area contributed by atoms with Gasteiger partial charge in [-0.1, -0.05) is 38.1 Å². The molecule has 0 unspecified atom stereocenters. The molecule has 1 atom stereocenters. The maximum atomic E-state index is 13.1. The van der Waals surface area contributed by atoms with E-state index in [1.165, 1.54) is 25.3 Å². The molecule has 1 aromatic heterocycles. The summed E-state index contributed by atoms with van der Waals surface area (Å²) in [5, 5.41) is 20.8. The van der Waals surface area contributed by atoms with Gasteiger partial charge in [0.05, 0.1) is 13.5 Å². The Labute approximate surface area is 201 Å². The molecular weight excluding hydrogens is 448 g/mol. The third kappa shape index (κ3) is 3.89. The Bertz CT molecular complexity index is 1510. The minimum absolute atomic E-state index is 0.00647. The number of hydrogen-bond acceptors (Lipinski definition) is 7. The maximum absolute atomic E-state index is 13.1. The lowest BCUT2D eigenvalue weighted by atomic mass is 9.84. The van der Waals surface area contributed by atoms with Gasteiger partial charge < -0.3 is 24.1 Å². The third-order valence-corrected chi connectivity index (χ3v) is 6.39. The van der Waals surface area contributed by atoms with E-state index in [1.54, 1.807) is 12.1 Å². The molecule has 0 aliphatic carbocycles. The summed E-state index contributed by atoms with van der Waals surface area (Å²) in [4.78, 5) is 25.5. The van der Waals surface area contributed by atoms with Crippen LogP contribution in [0, 0.1) is 0 Å². The van der Waals surface area contributed by atoms with Crippen LogP contribution in [0.5, 0.6) is 23.0 Å². The normalized spacial score (nSPS) is 15.2. The van der Waals surface area contributed by atoms with Crippen LogP contribution in [-0.2, 0) is 4.79 Å². The molecule has 7 heteroatoms. The lowest BCUT2D eigenvalue weighted by Gasteiger charge is -2.26. The number of carbonyl (C=O) groups is 1. The molecule has 0 saturated carbocycles. The minimum Gasteiger partial charge on any atom is -0.507 e. The first-order valence-corrected chi connectivity index (χ1v) is 11.3. The Hall–Kier alpha value is -4.26. The number of rotatable bonds is 4. The van der Waals surface area contributed by atoms with Crippen molar-refractivity contribution in [1.29, 1.82) is 0 Å². The monoisotopic (exact) mass is 472 g/mol. The number of phenols is 2. The highest BCUT2D eigenvalue weighted by molar-refractivity contribution is 5.93. The fourth-order valence-electron chi connectivity index (χ4n) is 4.54. The predicted molar refractivity (Wildman–Crippen MR) is 130 cm³/mol. The number of fused-ring (bicyclic) bond motifs is 3. The van der Waals surface area contributed by atoms with Gasteiger partial charge in [0.2, 0.25) is 0 Å². The molecular formula is C28H24O7. The van der Waals surface area contributed by atoms with Crippen molar-refractivity contribution < 1.29 is 28.9 Å². The zero-order valence-electron chi connectivity index (χ0n) is 19.5. The molecule has 1 aliphatic heterocycles. The van der Waals surface area contributed by atoms with Gasteiger partial charge in [-0.2, -0.15) is 0 Å². The Morgan fingerprint density at radius 3 is 2.37 bits per heavy atom. The van der Waals surface area contributed by atoms with E-state index in [4.69, 9.17) is 13.9 Å². The van der Waals surface area contributed by atoms with Crippen LogP contribution in [0.1, 0.15) is 48.8 Å². The van der Waals surface area contributed by atoms with E-state index in [0.717, 1.165) is 11.1 Å². The molecule has 5 rings (SSSR count). The van der Waals surface area contributed by atoms with Crippen LogP contribution in [0.3, 0.4) is 0 Å². The summed E-state index contributed by atoms with van der Waals surface area (Å²) in [6.45, 7) is 4.21. The van der Waals surface area contributed by atoms with Gasteiger partial charge in [-0.15, -0.1) is 0 Å². The highest BCUT2D eigenvalue weighted by atomic mass is 16.5. The highest BCUT2D eigenvalue weighted by Crippen LogP contribution is 2.46. The topological polar surface area (TPSA) is 106 Å². The van der Waals surface area contributed by atoms with Gasteiger partial charge in [0, 0.05) is 29.2 Å². The third-order valence-electron chi connectivity index (χ3n) is 6.39. The molecule has 0 spiro atoms. The van der Waals surface area contributed by atoms with Gasteiger partial charge in [-0.3, -0.25) is 9.59 Å². The van der Waals surface area contributed by atoms with Gasteiger partial charge in [-0.05, 0) is 35.2 Å². The summed E-state index contributed by atoms with van der Waals surface area (Å²) >= 11 is 0. The molecule has 3 aromatic carbocycles. The predicted octanol–water partition coefficient (Wildman–Crippen LogP) is 5.44. The van der Waals surface area contributed by atoms with E-state index in [0.29, 0.717) is 17.0 Å². The molecule has 2 N–H and O–H groups in total. The van der Waals surface area contributed by atoms with Crippen molar-refractivity contribution in [1.82, 2.24) is 0 Å². The van der Waals surface area contributed by atoms with Crippen LogP contribution < -0.4 is 14.9 Å². The average molecular weight is 472 g/mol. The van der Waals surface area contributed by atoms with Gasteiger partial charge >= 0.3 is 5.97 Å².